The van der Waals surface area contributed by atoms with Crippen molar-refractivity contribution in [1.29, 1.82) is 0 Å². The van der Waals surface area contributed by atoms with E-state index in [1.807, 2.05) is 30.3 Å². The topological polar surface area (TPSA) is 59.8 Å². The van der Waals surface area contributed by atoms with Crippen molar-refractivity contribution in [3.05, 3.63) is 17.3 Å². The number of nitrogens with two attached hydrogens (primary N) is 1. The highest BCUT2D eigenvalue weighted by Gasteiger charge is 2.21. The lowest BCUT2D eigenvalue weighted by atomic mass is 9.99. The van der Waals surface area contributed by atoms with Gasteiger partial charge in [0.15, 0.2) is 0 Å². The minimum absolute atomic E-state index is 0.439. The Morgan fingerprint density at radius 2 is 2.12 bits per heavy atom. The molecule has 92 valence electrons. The summed E-state index contributed by atoms with van der Waals surface area (Å²) in [6, 6.07) is 2.10. The van der Waals surface area contributed by atoms with E-state index in [1.165, 1.54) is 10.9 Å². The van der Waals surface area contributed by atoms with Crippen LogP contribution in [0.2, 0.25) is 0 Å². The van der Waals surface area contributed by atoms with E-state index in [9.17, 15) is 0 Å². The molecule has 17 heavy (non-hydrogen) atoms. The maximum atomic E-state index is 5.57. The maximum Gasteiger partial charge on any atom is 0.256 e. The normalized spacial score (nSPS) is 11.5. The lowest BCUT2D eigenvalue weighted by molar-refractivity contribution is -0.633. The van der Waals surface area contributed by atoms with Crippen LogP contribution < -0.4 is 15.8 Å². The number of anilines is 1. The van der Waals surface area contributed by atoms with Crippen molar-refractivity contribution in [2.24, 2.45) is 19.9 Å². The second kappa shape index (κ2) is 4.00. The zero-order valence-corrected chi connectivity index (χ0v) is 11.1. The third kappa shape index (κ3) is 1.67. The molecule has 2 aromatic heterocycles. The quantitative estimate of drug-likeness (QED) is 0.465. The van der Waals surface area contributed by atoms with Gasteiger partial charge in [-0.05, 0) is 18.4 Å². The first-order valence-electron chi connectivity index (χ1n) is 5.80. The van der Waals surface area contributed by atoms with Crippen LogP contribution in [0.5, 0.6) is 0 Å². The van der Waals surface area contributed by atoms with Gasteiger partial charge >= 0.3 is 0 Å². The average molecular weight is 234 g/mol. The van der Waals surface area contributed by atoms with Gasteiger partial charge in [-0.3, -0.25) is 0 Å². The number of nitrogens with one attached hydrogen (secondary N) is 1. The fourth-order valence-corrected chi connectivity index (χ4v) is 2.39. The number of hydrogen-bond donors (Lipinski definition) is 2. The van der Waals surface area contributed by atoms with E-state index in [-0.39, 0.29) is 0 Å². The van der Waals surface area contributed by atoms with Crippen molar-refractivity contribution >= 4 is 16.9 Å². The van der Waals surface area contributed by atoms with Crippen LogP contribution in [0.4, 0.5) is 5.82 Å². The number of nitrogen functional groups attached to an aromatic ring is 1. The minimum Gasteiger partial charge on any atom is -0.235 e. The van der Waals surface area contributed by atoms with E-state index in [2.05, 4.69) is 30.4 Å². The molecular formula is C12H20N5+. The zero-order chi connectivity index (χ0) is 12.7. The van der Waals surface area contributed by atoms with Gasteiger partial charge in [0.2, 0.25) is 5.82 Å². The molecule has 0 fully saturated rings. The fraction of sp³-hybridized carbons (Fsp3) is 0.500. The van der Waals surface area contributed by atoms with Gasteiger partial charge < -0.3 is 0 Å². The monoisotopic (exact) mass is 234 g/mol. The molecule has 0 bridgehead atoms. The highest BCUT2D eigenvalue weighted by molar-refractivity contribution is 5.81. The molecule has 0 aromatic carbocycles. The Kier molecular flexibility index (Phi) is 2.79. The molecule has 0 atom stereocenters. The van der Waals surface area contributed by atoms with Crippen LogP contribution in [0.25, 0.3) is 11.0 Å². The molecule has 0 saturated carbocycles. The van der Waals surface area contributed by atoms with E-state index in [0.29, 0.717) is 5.92 Å². The summed E-state index contributed by atoms with van der Waals surface area (Å²) in [5, 5.41) is 5.72. The maximum absolute atomic E-state index is 5.57. The van der Waals surface area contributed by atoms with Crippen LogP contribution in [0.15, 0.2) is 6.07 Å². The van der Waals surface area contributed by atoms with Crippen molar-refractivity contribution in [1.82, 2.24) is 9.78 Å². The minimum atomic E-state index is 0.439. The van der Waals surface area contributed by atoms with Crippen LogP contribution >= 0.6 is 0 Å². The van der Waals surface area contributed by atoms with E-state index in [1.54, 1.807) is 0 Å². The molecule has 5 heteroatoms. The SMILES string of the molecule is Cc1nn(C)c2c1c(C(C)C)cc(NN)[n+]2C. The molecule has 2 rings (SSSR count). The van der Waals surface area contributed by atoms with Crippen LogP contribution in [-0.2, 0) is 14.1 Å². The molecule has 0 unspecified atom stereocenters. The van der Waals surface area contributed by atoms with Gasteiger partial charge in [0.1, 0.15) is 0 Å². The first kappa shape index (κ1) is 11.9. The fourth-order valence-electron chi connectivity index (χ4n) is 2.39. The molecule has 0 spiro atoms. The summed E-state index contributed by atoms with van der Waals surface area (Å²) in [6.07, 6.45) is 0. The lowest BCUT2D eigenvalue weighted by Crippen LogP contribution is -2.37. The summed E-state index contributed by atoms with van der Waals surface area (Å²) in [4.78, 5) is 0. The van der Waals surface area contributed by atoms with Crippen LogP contribution in [0.1, 0.15) is 31.0 Å². The van der Waals surface area contributed by atoms with Gasteiger partial charge in [-0.15, -0.1) is 5.10 Å². The molecular weight excluding hydrogens is 214 g/mol. The molecule has 0 saturated heterocycles. The number of hydrazine groups is 1. The van der Waals surface area contributed by atoms with Gasteiger partial charge in [-0.1, -0.05) is 13.8 Å². The van der Waals surface area contributed by atoms with Crippen molar-refractivity contribution in [2.75, 3.05) is 5.43 Å². The van der Waals surface area contributed by atoms with Crippen molar-refractivity contribution in [3.8, 4) is 0 Å². The Hall–Kier alpha value is -1.62. The summed E-state index contributed by atoms with van der Waals surface area (Å²) in [5.41, 5.74) is 6.16. The molecule has 3 N–H and O–H groups in total. The number of aromatic nitrogens is 3. The number of aryl methyl sites for hydroxylation is 3. The predicted molar refractivity (Wildman–Crippen MR) is 68.5 cm³/mol. The summed E-state index contributed by atoms with van der Waals surface area (Å²) in [5.74, 6) is 6.90. The lowest BCUT2D eigenvalue weighted by Gasteiger charge is -2.11. The van der Waals surface area contributed by atoms with E-state index in [4.69, 9.17) is 5.84 Å². The molecule has 5 nitrogen and oxygen atoms in total. The molecule has 0 radical (unpaired) electrons. The van der Waals surface area contributed by atoms with Gasteiger partial charge in [-0.2, -0.15) is 4.68 Å². The molecule has 0 aliphatic carbocycles. The van der Waals surface area contributed by atoms with Gasteiger partial charge in [0, 0.05) is 6.07 Å². The van der Waals surface area contributed by atoms with Crippen molar-refractivity contribution < 1.29 is 4.57 Å². The number of fused-ring (bicyclic) bond motifs is 1. The van der Waals surface area contributed by atoms with Gasteiger partial charge in [-0.25, -0.2) is 15.8 Å². The Labute approximate surface area is 101 Å². The molecule has 0 aliphatic heterocycles. The zero-order valence-electron chi connectivity index (χ0n) is 11.1. The highest BCUT2D eigenvalue weighted by atomic mass is 15.3. The number of hydrogen-bond acceptors (Lipinski definition) is 3. The Morgan fingerprint density at radius 3 is 2.65 bits per heavy atom. The number of pyridine rings is 1. The smallest absolute Gasteiger partial charge is 0.235 e. The summed E-state index contributed by atoms with van der Waals surface area (Å²) in [6.45, 7) is 6.41. The second-order valence-electron chi connectivity index (χ2n) is 4.75. The Morgan fingerprint density at radius 1 is 1.47 bits per heavy atom. The first-order valence-corrected chi connectivity index (χ1v) is 5.80. The largest absolute Gasteiger partial charge is 0.256 e. The van der Waals surface area contributed by atoms with E-state index in [0.717, 1.165) is 17.2 Å². The highest BCUT2D eigenvalue weighted by Crippen LogP contribution is 2.27. The summed E-state index contributed by atoms with van der Waals surface area (Å²) < 4.78 is 3.93. The van der Waals surface area contributed by atoms with Crippen molar-refractivity contribution in [3.63, 3.8) is 0 Å². The third-order valence-corrected chi connectivity index (χ3v) is 3.22. The summed E-state index contributed by atoms with van der Waals surface area (Å²) in [7, 11) is 3.95. The van der Waals surface area contributed by atoms with Gasteiger partial charge in [0.25, 0.3) is 5.65 Å². The van der Waals surface area contributed by atoms with Gasteiger partial charge in [0.05, 0.1) is 25.2 Å². The third-order valence-electron chi connectivity index (χ3n) is 3.22. The van der Waals surface area contributed by atoms with Crippen LogP contribution in [0, 0.1) is 6.92 Å². The van der Waals surface area contributed by atoms with Crippen LogP contribution in [-0.4, -0.2) is 9.78 Å². The number of rotatable bonds is 2. The van der Waals surface area contributed by atoms with E-state index < -0.39 is 0 Å². The molecule has 0 aliphatic rings. The summed E-state index contributed by atoms with van der Waals surface area (Å²) >= 11 is 0. The van der Waals surface area contributed by atoms with Crippen LogP contribution in [0.3, 0.4) is 0 Å². The molecule has 2 aromatic rings. The molecule has 2 heterocycles. The number of nitrogens with zero attached hydrogens (tertiary/aromatic N) is 3. The standard InChI is InChI=1S/C12H19N5/c1-7(2)9-6-10(14-13)16(4)12-11(9)8(3)15-17(12)5/h6-7H,13H2,1-5H3/p+1. The van der Waals surface area contributed by atoms with Crippen molar-refractivity contribution in [2.45, 2.75) is 26.7 Å². The van der Waals surface area contributed by atoms with E-state index >= 15 is 0 Å². The molecule has 0 amide bonds. The average Bonchev–Trinajstić information content (AvgIpc) is 2.55. The Bertz CT molecular complexity index is 568. The Balaban J connectivity index is 2.95. The predicted octanol–water partition coefficient (Wildman–Crippen LogP) is 1.12. The second-order valence-corrected chi connectivity index (χ2v) is 4.75. The first-order chi connectivity index (χ1) is 7.97.